The van der Waals surface area contributed by atoms with Crippen LogP contribution in [0.1, 0.15) is 37.8 Å². The Hall–Kier alpha value is -2.08. The minimum Gasteiger partial charge on any atom is -0.342 e. The van der Waals surface area contributed by atoms with Crippen LogP contribution < -0.4 is 0 Å². The van der Waals surface area contributed by atoms with Crippen LogP contribution in [0.25, 0.3) is 16.6 Å². The smallest absolute Gasteiger partial charge is 0.233 e. The fourth-order valence-corrected chi connectivity index (χ4v) is 4.76. The van der Waals surface area contributed by atoms with Gasteiger partial charge in [-0.15, -0.1) is 10.2 Å². The van der Waals surface area contributed by atoms with Crippen LogP contribution in [-0.2, 0) is 11.2 Å². The van der Waals surface area contributed by atoms with E-state index in [1.807, 2.05) is 4.90 Å². The number of rotatable bonds is 4. The van der Waals surface area contributed by atoms with Gasteiger partial charge in [0.25, 0.3) is 0 Å². The molecule has 0 bridgehead atoms. The first-order valence-electron chi connectivity index (χ1n) is 9.74. The van der Waals surface area contributed by atoms with Gasteiger partial charge in [-0.25, -0.2) is 0 Å². The Morgan fingerprint density at radius 1 is 1.30 bits per heavy atom. The Balaban J connectivity index is 1.63. The minimum atomic E-state index is 0.202. The summed E-state index contributed by atoms with van der Waals surface area (Å²) in [4.78, 5) is 14.6. The lowest BCUT2D eigenvalue weighted by molar-refractivity contribution is -0.130. The van der Waals surface area contributed by atoms with Gasteiger partial charge in [0.05, 0.1) is 11.3 Å². The van der Waals surface area contributed by atoms with E-state index in [9.17, 15) is 4.79 Å². The maximum atomic E-state index is 12.6. The van der Waals surface area contributed by atoms with Crippen LogP contribution in [0.15, 0.2) is 29.4 Å². The molecular formula is C21H26N4OS. The number of carbonyl (C=O) groups excluding carboxylic acids is 1. The molecule has 0 unspecified atom stereocenters. The second kappa shape index (κ2) is 7.50. The van der Waals surface area contributed by atoms with E-state index in [1.54, 1.807) is 0 Å². The molecule has 4 rings (SSSR count). The van der Waals surface area contributed by atoms with E-state index < -0.39 is 0 Å². The summed E-state index contributed by atoms with van der Waals surface area (Å²) in [7, 11) is 0. The van der Waals surface area contributed by atoms with Crippen LogP contribution in [0.4, 0.5) is 0 Å². The van der Waals surface area contributed by atoms with Crippen LogP contribution in [-0.4, -0.2) is 44.2 Å². The first-order chi connectivity index (χ1) is 13.1. The molecule has 1 saturated heterocycles. The lowest BCUT2D eigenvalue weighted by atomic mass is 10.0. The number of amides is 1. The molecule has 2 aromatic heterocycles. The van der Waals surface area contributed by atoms with Crippen molar-refractivity contribution in [2.45, 2.75) is 45.2 Å². The lowest BCUT2D eigenvalue weighted by Gasteiger charge is -2.30. The molecule has 142 valence electrons. The topological polar surface area (TPSA) is 50.5 Å². The normalized spacial score (nSPS) is 17.7. The van der Waals surface area contributed by atoms with Crippen molar-refractivity contribution >= 4 is 34.2 Å². The fraction of sp³-hybridized carbons (Fsp3) is 0.476. The maximum Gasteiger partial charge on any atom is 0.233 e. The van der Waals surface area contributed by atoms with Gasteiger partial charge in [-0.1, -0.05) is 31.7 Å². The highest BCUT2D eigenvalue weighted by Crippen LogP contribution is 2.27. The fourth-order valence-electron chi connectivity index (χ4n) is 3.91. The van der Waals surface area contributed by atoms with E-state index in [4.69, 9.17) is 0 Å². The third kappa shape index (κ3) is 3.55. The number of nitrogens with zero attached hydrogens (tertiary/aromatic N) is 4. The van der Waals surface area contributed by atoms with Crippen molar-refractivity contribution in [1.29, 1.82) is 0 Å². The van der Waals surface area contributed by atoms with E-state index in [0.29, 0.717) is 11.7 Å². The van der Waals surface area contributed by atoms with Gasteiger partial charge in [-0.2, -0.15) is 0 Å². The molecule has 3 heterocycles. The van der Waals surface area contributed by atoms with Crippen molar-refractivity contribution < 1.29 is 4.79 Å². The summed E-state index contributed by atoms with van der Waals surface area (Å²) >= 11 is 1.49. The average Bonchev–Trinajstić information content (AvgIpc) is 3.10. The number of aryl methyl sites for hydroxylation is 2. The van der Waals surface area contributed by atoms with Gasteiger partial charge < -0.3 is 4.90 Å². The molecule has 5 nitrogen and oxygen atoms in total. The summed E-state index contributed by atoms with van der Waals surface area (Å²) in [6.07, 6.45) is 3.34. The number of carbonyl (C=O) groups is 1. The van der Waals surface area contributed by atoms with Gasteiger partial charge in [0.15, 0.2) is 10.8 Å². The van der Waals surface area contributed by atoms with Gasteiger partial charge in [0.1, 0.15) is 0 Å². The third-order valence-corrected chi connectivity index (χ3v) is 6.35. The highest BCUT2D eigenvalue weighted by Gasteiger charge is 2.22. The molecule has 1 aliphatic heterocycles. The SMILES string of the molecule is CCc1ccc2c(c1)cc(C)c1nnc(SCC(=O)N3CCC[C@H](C)C3)n12. The molecule has 6 heteroatoms. The number of piperidine rings is 1. The lowest BCUT2D eigenvalue weighted by Crippen LogP contribution is -2.40. The van der Waals surface area contributed by atoms with Crippen molar-refractivity contribution in [2.24, 2.45) is 5.92 Å². The predicted molar refractivity (Wildman–Crippen MR) is 110 cm³/mol. The molecule has 1 aliphatic rings. The Labute approximate surface area is 164 Å². The van der Waals surface area contributed by atoms with E-state index >= 15 is 0 Å². The molecule has 3 aromatic rings. The molecule has 1 fully saturated rings. The molecule has 1 amide bonds. The Kier molecular flexibility index (Phi) is 5.08. The summed E-state index contributed by atoms with van der Waals surface area (Å²) in [5.41, 5.74) is 4.39. The van der Waals surface area contributed by atoms with Crippen LogP contribution >= 0.6 is 11.8 Å². The van der Waals surface area contributed by atoms with Crippen molar-refractivity contribution in [2.75, 3.05) is 18.8 Å². The summed E-state index contributed by atoms with van der Waals surface area (Å²) in [6, 6.07) is 8.71. The Bertz CT molecular complexity index is 997. The Morgan fingerprint density at radius 3 is 2.93 bits per heavy atom. The number of fused-ring (bicyclic) bond motifs is 3. The zero-order valence-electron chi connectivity index (χ0n) is 16.2. The van der Waals surface area contributed by atoms with Gasteiger partial charge in [0, 0.05) is 13.1 Å². The highest BCUT2D eigenvalue weighted by molar-refractivity contribution is 7.99. The zero-order valence-corrected chi connectivity index (χ0v) is 17.1. The van der Waals surface area contributed by atoms with Crippen LogP contribution in [0.5, 0.6) is 0 Å². The summed E-state index contributed by atoms with van der Waals surface area (Å²) in [6.45, 7) is 8.21. The molecule has 0 radical (unpaired) electrons. The molecule has 0 aliphatic carbocycles. The molecule has 0 spiro atoms. The first kappa shape index (κ1) is 18.3. The first-order valence-corrected chi connectivity index (χ1v) is 10.7. The van der Waals surface area contributed by atoms with Gasteiger partial charge in [-0.05, 0) is 66.8 Å². The summed E-state index contributed by atoms with van der Waals surface area (Å²) in [5.74, 6) is 1.21. The number of aromatic nitrogens is 3. The second-order valence-corrected chi connectivity index (χ2v) is 8.53. The third-order valence-electron chi connectivity index (χ3n) is 5.43. The largest absolute Gasteiger partial charge is 0.342 e. The quantitative estimate of drug-likeness (QED) is 0.638. The van der Waals surface area contributed by atoms with Crippen LogP contribution in [0.3, 0.4) is 0 Å². The predicted octanol–water partition coefficient (Wildman–Crippen LogP) is 4.10. The molecule has 0 saturated carbocycles. The van der Waals surface area contributed by atoms with Crippen LogP contribution in [0, 0.1) is 12.8 Å². The van der Waals surface area contributed by atoms with E-state index in [1.165, 1.54) is 29.1 Å². The summed E-state index contributed by atoms with van der Waals surface area (Å²) in [5, 5.41) is 10.8. The number of thioether (sulfide) groups is 1. The van der Waals surface area contributed by atoms with Crippen LogP contribution in [0.2, 0.25) is 0 Å². The van der Waals surface area contributed by atoms with E-state index in [0.717, 1.165) is 47.8 Å². The molecule has 27 heavy (non-hydrogen) atoms. The second-order valence-electron chi connectivity index (χ2n) is 7.59. The zero-order chi connectivity index (χ0) is 19.0. The molecule has 1 atom stereocenters. The van der Waals surface area contributed by atoms with E-state index in [-0.39, 0.29) is 5.91 Å². The van der Waals surface area contributed by atoms with Gasteiger partial charge in [0.2, 0.25) is 5.91 Å². The van der Waals surface area contributed by atoms with Gasteiger partial charge in [-0.3, -0.25) is 9.20 Å². The number of benzene rings is 1. The van der Waals surface area contributed by atoms with Gasteiger partial charge >= 0.3 is 0 Å². The molecule has 1 aromatic carbocycles. The number of pyridine rings is 1. The Morgan fingerprint density at radius 2 is 2.15 bits per heavy atom. The molecular weight excluding hydrogens is 356 g/mol. The summed E-state index contributed by atoms with van der Waals surface area (Å²) < 4.78 is 2.10. The number of hydrogen-bond acceptors (Lipinski definition) is 4. The van der Waals surface area contributed by atoms with Crippen molar-refractivity contribution in [1.82, 2.24) is 19.5 Å². The average molecular weight is 383 g/mol. The maximum absolute atomic E-state index is 12.6. The van der Waals surface area contributed by atoms with Crippen molar-refractivity contribution in [3.8, 4) is 0 Å². The molecule has 0 N–H and O–H groups in total. The monoisotopic (exact) mass is 382 g/mol. The van der Waals surface area contributed by atoms with Crippen molar-refractivity contribution in [3.63, 3.8) is 0 Å². The standard InChI is InChI=1S/C21H26N4OS/c1-4-16-7-8-18-17(11-16)10-15(3)20-22-23-21(25(18)20)27-13-19(26)24-9-5-6-14(2)12-24/h7-8,10-11,14H,4-6,9,12-13H2,1-3H3/t14-/m0/s1. The minimum absolute atomic E-state index is 0.202. The number of hydrogen-bond donors (Lipinski definition) is 0. The van der Waals surface area contributed by atoms with E-state index in [2.05, 4.69) is 59.6 Å². The highest BCUT2D eigenvalue weighted by atomic mass is 32.2. The van der Waals surface area contributed by atoms with Crippen molar-refractivity contribution in [3.05, 3.63) is 35.4 Å². The number of likely N-dealkylation sites (tertiary alicyclic amines) is 1.